The van der Waals surface area contributed by atoms with Crippen LogP contribution in [0.4, 0.5) is 0 Å². The van der Waals surface area contributed by atoms with Gasteiger partial charge in [-0.3, -0.25) is 0 Å². The van der Waals surface area contributed by atoms with E-state index in [1.165, 1.54) is 18.5 Å². The van der Waals surface area contributed by atoms with Crippen LogP contribution < -0.4 is 0 Å². The van der Waals surface area contributed by atoms with E-state index in [1.807, 2.05) is 31.2 Å². The summed E-state index contributed by atoms with van der Waals surface area (Å²) < 4.78 is 0. The molecular weight excluding hydrogens is 264 g/mol. The standard InChI is InChI=1S/C14H11ClN2O2/c1-10-4-6-11(7-5-10)9-17-19-14(18)12-3-2-8-16-13(12)15/h2-9H,1H3/b17-9-. The Bertz CT molecular complexity index is 609. The summed E-state index contributed by atoms with van der Waals surface area (Å²) in [5.74, 6) is -0.638. The number of hydrogen-bond acceptors (Lipinski definition) is 4. The maximum Gasteiger partial charge on any atom is 0.368 e. The lowest BCUT2D eigenvalue weighted by molar-refractivity contribution is 0.0519. The fourth-order valence-electron chi connectivity index (χ4n) is 1.38. The van der Waals surface area contributed by atoms with Gasteiger partial charge in [-0.05, 0) is 24.6 Å². The molecule has 0 bridgehead atoms. The van der Waals surface area contributed by atoms with Crippen molar-refractivity contribution in [3.63, 3.8) is 0 Å². The number of aromatic nitrogens is 1. The number of nitrogens with zero attached hydrogens (tertiary/aromatic N) is 2. The Balaban J connectivity index is 2.01. The van der Waals surface area contributed by atoms with Gasteiger partial charge in [-0.25, -0.2) is 9.78 Å². The average molecular weight is 275 g/mol. The Kier molecular flexibility index (Phi) is 4.26. The van der Waals surface area contributed by atoms with Gasteiger partial charge in [-0.2, -0.15) is 0 Å². The van der Waals surface area contributed by atoms with Crippen molar-refractivity contribution in [3.05, 3.63) is 64.4 Å². The molecule has 0 atom stereocenters. The van der Waals surface area contributed by atoms with Crippen LogP contribution in [0.25, 0.3) is 0 Å². The first-order chi connectivity index (χ1) is 9.16. The highest BCUT2D eigenvalue weighted by atomic mass is 35.5. The number of oxime groups is 1. The van der Waals surface area contributed by atoms with Crippen LogP contribution >= 0.6 is 11.6 Å². The fourth-order valence-corrected chi connectivity index (χ4v) is 1.57. The Morgan fingerprint density at radius 2 is 2.05 bits per heavy atom. The average Bonchev–Trinajstić information content (AvgIpc) is 2.41. The second kappa shape index (κ2) is 6.11. The van der Waals surface area contributed by atoms with E-state index in [9.17, 15) is 4.79 Å². The SMILES string of the molecule is Cc1ccc(/C=N\OC(=O)c2cccnc2Cl)cc1. The van der Waals surface area contributed by atoms with E-state index in [4.69, 9.17) is 16.4 Å². The van der Waals surface area contributed by atoms with Crippen molar-refractivity contribution >= 4 is 23.8 Å². The fraction of sp³-hybridized carbons (Fsp3) is 0.0714. The summed E-state index contributed by atoms with van der Waals surface area (Å²) in [7, 11) is 0. The maximum atomic E-state index is 11.6. The lowest BCUT2D eigenvalue weighted by Crippen LogP contribution is -2.02. The predicted octanol–water partition coefficient (Wildman–Crippen LogP) is 3.23. The largest absolute Gasteiger partial charge is 0.368 e. The van der Waals surface area contributed by atoms with E-state index in [0.29, 0.717) is 0 Å². The summed E-state index contributed by atoms with van der Waals surface area (Å²) >= 11 is 5.77. The first kappa shape index (κ1) is 13.2. The third-order valence-electron chi connectivity index (χ3n) is 2.39. The number of benzene rings is 1. The Morgan fingerprint density at radius 1 is 1.32 bits per heavy atom. The molecule has 0 fully saturated rings. The summed E-state index contributed by atoms with van der Waals surface area (Å²) in [4.78, 5) is 20.2. The molecule has 0 saturated heterocycles. The van der Waals surface area contributed by atoms with Crippen LogP contribution in [0.5, 0.6) is 0 Å². The van der Waals surface area contributed by atoms with Crippen molar-refractivity contribution in [2.75, 3.05) is 0 Å². The van der Waals surface area contributed by atoms with Gasteiger partial charge in [0, 0.05) is 6.20 Å². The van der Waals surface area contributed by atoms with Crippen LogP contribution in [0, 0.1) is 6.92 Å². The Labute approximate surface area is 115 Å². The van der Waals surface area contributed by atoms with E-state index < -0.39 is 5.97 Å². The van der Waals surface area contributed by atoms with Crippen LogP contribution in [0.2, 0.25) is 5.15 Å². The zero-order valence-electron chi connectivity index (χ0n) is 10.2. The normalized spacial score (nSPS) is 10.6. The van der Waals surface area contributed by atoms with E-state index in [2.05, 4.69) is 10.1 Å². The molecule has 19 heavy (non-hydrogen) atoms. The number of halogens is 1. The van der Waals surface area contributed by atoms with Crippen molar-refractivity contribution in [1.82, 2.24) is 4.98 Å². The first-order valence-corrected chi connectivity index (χ1v) is 5.96. The van der Waals surface area contributed by atoms with Crippen LogP contribution in [0.3, 0.4) is 0 Å². The van der Waals surface area contributed by atoms with Crippen molar-refractivity contribution in [3.8, 4) is 0 Å². The summed E-state index contributed by atoms with van der Waals surface area (Å²) in [5, 5.41) is 3.72. The van der Waals surface area contributed by atoms with Gasteiger partial charge in [0.15, 0.2) is 0 Å². The van der Waals surface area contributed by atoms with Gasteiger partial charge in [0.1, 0.15) is 5.15 Å². The molecule has 0 aliphatic carbocycles. The second-order valence-electron chi connectivity index (χ2n) is 3.87. The molecule has 1 heterocycles. The molecule has 2 aromatic rings. The van der Waals surface area contributed by atoms with Crippen LogP contribution in [0.1, 0.15) is 21.5 Å². The molecule has 0 radical (unpaired) electrons. The number of carbonyl (C=O) groups is 1. The molecule has 1 aromatic carbocycles. The molecule has 2 rings (SSSR count). The summed E-state index contributed by atoms with van der Waals surface area (Å²) in [6.45, 7) is 1.99. The van der Waals surface area contributed by atoms with Gasteiger partial charge >= 0.3 is 5.97 Å². The van der Waals surface area contributed by atoms with E-state index in [-0.39, 0.29) is 10.7 Å². The monoisotopic (exact) mass is 274 g/mol. The third-order valence-corrected chi connectivity index (χ3v) is 2.69. The second-order valence-corrected chi connectivity index (χ2v) is 4.22. The van der Waals surface area contributed by atoms with E-state index in [1.54, 1.807) is 6.07 Å². The molecule has 0 aliphatic rings. The minimum Gasteiger partial charge on any atom is -0.313 e. The third kappa shape index (κ3) is 3.63. The molecule has 0 N–H and O–H groups in total. The molecule has 0 spiro atoms. The molecule has 0 unspecified atom stereocenters. The topological polar surface area (TPSA) is 51.5 Å². The van der Waals surface area contributed by atoms with Gasteiger partial charge in [-0.1, -0.05) is 46.6 Å². The number of carbonyl (C=O) groups excluding carboxylic acids is 1. The van der Waals surface area contributed by atoms with Crippen molar-refractivity contribution in [2.24, 2.45) is 5.16 Å². The first-order valence-electron chi connectivity index (χ1n) is 5.59. The van der Waals surface area contributed by atoms with Gasteiger partial charge in [0.05, 0.1) is 11.8 Å². The smallest absolute Gasteiger partial charge is 0.313 e. The molecule has 0 saturated carbocycles. The maximum absolute atomic E-state index is 11.6. The zero-order valence-corrected chi connectivity index (χ0v) is 11.0. The van der Waals surface area contributed by atoms with Gasteiger partial charge < -0.3 is 4.84 Å². The van der Waals surface area contributed by atoms with E-state index in [0.717, 1.165) is 11.1 Å². The molecule has 4 nitrogen and oxygen atoms in total. The van der Waals surface area contributed by atoms with Gasteiger partial charge in [-0.15, -0.1) is 0 Å². The number of hydrogen-bond donors (Lipinski definition) is 0. The highest BCUT2D eigenvalue weighted by molar-refractivity contribution is 6.32. The summed E-state index contributed by atoms with van der Waals surface area (Å²) in [6, 6.07) is 10.8. The summed E-state index contributed by atoms with van der Waals surface area (Å²) in [5.41, 5.74) is 2.18. The van der Waals surface area contributed by atoms with Crippen molar-refractivity contribution < 1.29 is 9.63 Å². The predicted molar refractivity (Wildman–Crippen MR) is 73.4 cm³/mol. The Hall–Kier alpha value is -2.20. The van der Waals surface area contributed by atoms with Gasteiger partial charge in [0.25, 0.3) is 0 Å². The molecule has 0 aliphatic heterocycles. The number of pyridine rings is 1. The molecule has 0 amide bonds. The highest BCUT2D eigenvalue weighted by Crippen LogP contribution is 2.12. The van der Waals surface area contributed by atoms with Crippen molar-refractivity contribution in [2.45, 2.75) is 6.92 Å². The highest BCUT2D eigenvalue weighted by Gasteiger charge is 2.11. The quantitative estimate of drug-likeness (QED) is 0.374. The molecule has 5 heteroatoms. The van der Waals surface area contributed by atoms with Crippen molar-refractivity contribution in [1.29, 1.82) is 0 Å². The molecule has 1 aromatic heterocycles. The minimum atomic E-state index is -0.638. The van der Waals surface area contributed by atoms with Crippen LogP contribution in [0.15, 0.2) is 47.8 Å². The summed E-state index contributed by atoms with van der Waals surface area (Å²) in [6.07, 6.45) is 2.95. The lowest BCUT2D eigenvalue weighted by atomic mass is 10.2. The number of rotatable bonds is 3. The Morgan fingerprint density at radius 3 is 2.74 bits per heavy atom. The molecular formula is C14H11ClN2O2. The minimum absolute atomic E-state index is 0.0954. The number of aryl methyl sites for hydroxylation is 1. The lowest BCUT2D eigenvalue weighted by Gasteiger charge is -1.99. The van der Waals surface area contributed by atoms with Crippen LogP contribution in [-0.4, -0.2) is 17.2 Å². The van der Waals surface area contributed by atoms with Crippen LogP contribution in [-0.2, 0) is 4.84 Å². The van der Waals surface area contributed by atoms with E-state index >= 15 is 0 Å². The van der Waals surface area contributed by atoms with Gasteiger partial charge in [0.2, 0.25) is 0 Å². The molecule has 96 valence electrons. The zero-order chi connectivity index (χ0) is 13.7.